The van der Waals surface area contributed by atoms with Crippen LogP contribution in [0.15, 0.2) is 29.2 Å². The smallest absolute Gasteiger partial charge is 0.243 e. The van der Waals surface area contributed by atoms with Crippen LogP contribution in [0.4, 0.5) is 0 Å². The van der Waals surface area contributed by atoms with Crippen LogP contribution in [0.5, 0.6) is 0 Å². The van der Waals surface area contributed by atoms with Gasteiger partial charge in [-0.2, -0.15) is 4.31 Å². The zero-order valence-electron chi connectivity index (χ0n) is 11.2. The summed E-state index contributed by atoms with van der Waals surface area (Å²) in [6.45, 7) is 2.82. The molecule has 1 fully saturated rings. The maximum Gasteiger partial charge on any atom is 0.243 e. The SMILES string of the molecule is Cc1ccc(C=CC(=O)[O-])cc1S(=O)(=O)N1CCCC1. The average molecular weight is 294 g/mol. The summed E-state index contributed by atoms with van der Waals surface area (Å²) >= 11 is 0. The van der Waals surface area contributed by atoms with E-state index in [-0.39, 0.29) is 4.90 Å². The van der Waals surface area contributed by atoms with Crippen LogP contribution < -0.4 is 5.11 Å². The molecule has 0 bridgehead atoms. The van der Waals surface area contributed by atoms with E-state index in [1.807, 2.05) is 0 Å². The molecule has 0 saturated carbocycles. The fourth-order valence-corrected chi connectivity index (χ4v) is 4.01. The van der Waals surface area contributed by atoms with Crippen molar-refractivity contribution in [3.8, 4) is 0 Å². The van der Waals surface area contributed by atoms with Crippen LogP contribution in [-0.2, 0) is 14.8 Å². The molecule has 108 valence electrons. The number of nitrogens with zero attached hydrogens (tertiary/aromatic N) is 1. The molecular weight excluding hydrogens is 278 g/mol. The number of aryl methyl sites for hydroxylation is 1. The minimum atomic E-state index is -3.49. The van der Waals surface area contributed by atoms with Crippen molar-refractivity contribution in [3.05, 3.63) is 35.4 Å². The molecule has 0 atom stereocenters. The molecular formula is C14H16NO4S-. The van der Waals surface area contributed by atoms with E-state index >= 15 is 0 Å². The lowest BCUT2D eigenvalue weighted by Crippen LogP contribution is -2.28. The van der Waals surface area contributed by atoms with Crippen molar-refractivity contribution in [3.63, 3.8) is 0 Å². The molecule has 0 N–H and O–H groups in total. The summed E-state index contributed by atoms with van der Waals surface area (Å²) < 4.78 is 26.5. The highest BCUT2D eigenvalue weighted by atomic mass is 32.2. The Hall–Kier alpha value is -1.66. The average Bonchev–Trinajstić information content (AvgIpc) is 2.92. The Morgan fingerprint density at radius 3 is 2.55 bits per heavy atom. The maximum atomic E-state index is 12.5. The van der Waals surface area contributed by atoms with Gasteiger partial charge in [-0.15, -0.1) is 0 Å². The zero-order valence-corrected chi connectivity index (χ0v) is 12.0. The number of sulfonamides is 1. The largest absolute Gasteiger partial charge is 0.545 e. The Morgan fingerprint density at radius 2 is 1.95 bits per heavy atom. The third kappa shape index (κ3) is 3.08. The van der Waals surface area contributed by atoms with Crippen molar-refractivity contribution in [1.29, 1.82) is 0 Å². The molecule has 0 unspecified atom stereocenters. The van der Waals surface area contributed by atoms with E-state index < -0.39 is 16.0 Å². The van der Waals surface area contributed by atoms with E-state index in [1.54, 1.807) is 19.1 Å². The van der Waals surface area contributed by atoms with Crippen molar-refractivity contribution in [1.82, 2.24) is 4.31 Å². The predicted octanol–water partition coefficient (Wildman–Crippen LogP) is 0.543. The van der Waals surface area contributed by atoms with Crippen LogP contribution in [0.25, 0.3) is 6.08 Å². The summed E-state index contributed by atoms with van der Waals surface area (Å²) in [5.41, 5.74) is 1.18. The minimum absolute atomic E-state index is 0.236. The van der Waals surface area contributed by atoms with Gasteiger partial charge in [0.15, 0.2) is 0 Å². The van der Waals surface area contributed by atoms with E-state index in [2.05, 4.69) is 0 Å². The quantitative estimate of drug-likeness (QED) is 0.759. The summed E-state index contributed by atoms with van der Waals surface area (Å²) in [5.74, 6) is -1.31. The molecule has 1 aromatic carbocycles. The molecule has 1 aliphatic rings. The second-order valence-electron chi connectivity index (χ2n) is 4.79. The van der Waals surface area contributed by atoms with Gasteiger partial charge in [-0.1, -0.05) is 18.2 Å². The zero-order chi connectivity index (χ0) is 14.8. The molecule has 0 radical (unpaired) electrons. The second kappa shape index (κ2) is 5.76. The first-order chi connectivity index (χ1) is 9.41. The Balaban J connectivity index is 2.40. The molecule has 0 aliphatic carbocycles. The highest BCUT2D eigenvalue weighted by Crippen LogP contribution is 2.24. The van der Waals surface area contributed by atoms with Crippen LogP contribution in [0.2, 0.25) is 0 Å². The van der Waals surface area contributed by atoms with Gasteiger partial charge in [-0.3, -0.25) is 0 Å². The molecule has 1 saturated heterocycles. The molecule has 1 aromatic rings. The van der Waals surface area contributed by atoms with Crippen LogP contribution >= 0.6 is 0 Å². The normalized spacial score (nSPS) is 16.9. The number of hydrogen-bond donors (Lipinski definition) is 0. The highest BCUT2D eigenvalue weighted by Gasteiger charge is 2.28. The van der Waals surface area contributed by atoms with Gasteiger partial charge in [0.2, 0.25) is 10.0 Å². The third-order valence-electron chi connectivity index (χ3n) is 3.31. The molecule has 1 aliphatic heterocycles. The fraction of sp³-hybridized carbons (Fsp3) is 0.357. The number of carboxylic acids is 1. The number of aliphatic carboxylic acids is 1. The van der Waals surface area contributed by atoms with Crippen LogP contribution in [0.1, 0.15) is 24.0 Å². The molecule has 0 spiro atoms. The third-order valence-corrected chi connectivity index (χ3v) is 5.35. The molecule has 0 amide bonds. The van der Waals surface area contributed by atoms with Crippen LogP contribution in [-0.4, -0.2) is 31.8 Å². The monoisotopic (exact) mass is 294 g/mol. The first-order valence-electron chi connectivity index (χ1n) is 6.41. The molecule has 5 nitrogen and oxygen atoms in total. The van der Waals surface area contributed by atoms with Crippen molar-refractivity contribution in [2.24, 2.45) is 0 Å². The lowest BCUT2D eigenvalue weighted by Gasteiger charge is -2.17. The molecule has 20 heavy (non-hydrogen) atoms. The Bertz CT molecular complexity index is 643. The summed E-state index contributed by atoms with van der Waals surface area (Å²) in [4.78, 5) is 10.6. The fourth-order valence-electron chi connectivity index (χ4n) is 2.23. The van der Waals surface area contributed by atoms with Crippen molar-refractivity contribution in [2.45, 2.75) is 24.7 Å². The Morgan fingerprint density at radius 1 is 1.30 bits per heavy atom. The van der Waals surface area contributed by atoms with E-state index in [1.165, 1.54) is 16.4 Å². The van der Waals surface area contributed by atoms with Gasteiger partial charge in [-0.25, -0.2) is 8.42 Å². The van der Waals surface area contributed by atoms with Crippen molar-refractivity contribution >= 4 is 22.1 Å². The van der Waals surface area contributed by atoms with E-state index in [0.717, 1.165) is 18.9 Å². The van der Waals surface area contributed by atoms with Crippen molar-refractivity contribution < 1.29 is 18.3 Å². The maximum absolute atomic E-state index is 12.5. The van der Waals surface area contributed by atoms with Gasteiger partial charge in [0.1, 0.15) is 0 Å². The predicted molar refractivity (Wildman–Crippen MR) is 73.2 cm³/mol. The summed E-state index contributed by atoms with van der Waals surface area (Å²) in [6, 6.07) is 4.86. The minimum Gasteiger partial charge on any atom is -0.545 e. The highest BCUT2D eigenvalue weighted by molar-refractivity contribution is 7.89. The van der Waals surface area contributed by atoms with Gasteiger partial charge in [0.25, 0.3) is 0 Å². The first-order valence-corrected chi connectivity index (χ1v) is 7.85. The molecule has 6 heteroatoms. The van der Waals surface area contributed by atoms with Crippen molar-refractivity contribution in [2.75, 3.05) is 13.1 Å². The van der Waals surface area contributed by atoms with Gasteiger partial charge >= 0.3 is 0 Å². The van der Waals surface area contributed by atoms with Gasteiger partial charge < -0.3 is 9.90 Å². The second-order valence-corrected chi connectivity index (χ2v) is 6.69. The van der Waals surface area contributed by atoms with Gasteiger partial charge in [-0.05, 0) is 43.0 Å². The number of carbonyl (C=O) groups is 1. The number of benzene rings is 1. The summed E-state index contributed by atoms with van der Waals surface area (Å²) in [5, 5.41) is 10.4. The number of carboxylic acid groups (broad SMARTS) is 1. The van der Waals surface area contributed by atoms with Crippen LogP contribution in [0.3, 0.4) is 0 Å². The van der Waals surface area contributed by atoms with Gasteiger partial charge in [0, 0.05) is 13.1 Å². The number of hydrogen-bond acceptors (Lipinski definition) is 4. The summed E-state index contributed by atoms with van der Waals surface area (Å²) in [7, 11) is -3.49. The topological polar surface area (TPSA) is 77.5 Å². The Kier molecular flexibility index (Phi) is 4.25. The molecule has 1 heterocycles. The number of carbonyl (C=O) groups excluding carboxylic acids is 1. The van der Waals surface area contributed by atoms with Gasteiger partial charge in [0.05, 0.1) is 10.9 Å². The first kappa shape index (κ1) is 14.7. The summed E-state index contributed by atoms with van der Waals surface area (Å²) in [6.07, 6.45) is 3.97. The molecule has 0 aromatic heterocycles. The standard InChI is InChI=1S/C14H17NO4S/c1-11-4-5-12(6-7-14(16)17)10-13(11)20(18,19)15-8-2-3-9-15/h4-7,10H,2-3,8-9H2,1H3,(H,16,17)/p-1. The number of rotatable bonds is 4. The van der Waals surface area contributed by atoms with Crippen LogP contribution in [0, 0.1) is 6.92 Å². The van der Waals surface area contributed by atoms with E-state index in [4.69, 9.17) is 0 Å². The lowest BCUT2D eigenvalue weighted by atomic mass is 10.1. The molecule has 2 rings (SSSR count). The lowest BCUT2D eigenvalue weighted by molar-refractivity contribution is -0.297. The van der Waals surface area contributed by atoms with E-state index in [0.29, 0.717) is 24.2 Å². The van der Waals surface area contributed by atoms with E-state index in [9.17, 15) is 18.3 Å². The Labute approximate surface area is 118 Å².